The van der Waals surface area contributed by atoms with Gasteiger partial charge in [0.1, 0.15) is 0 Å². The van der Waals surface area contributed by atoms with Crippen molar-refractivity contribution in [2.45, 2.75) is 0 Å². The SMILES string of the molecule is O.O.O.O.O.O.O=[N+]([O-])[O-].[Cr+2]. The van der Waals surface area contributed by atoms with Crippen LogP contribution < -0.4 is 0 Å². The fraction of sp³-hybridized carbons (Fsp3) is 0. The first-order valence-electron chi connectivity index (χ1n) is 0.548. The molecule has 10 nitrogen and oxygen atoms in total. The van der Waals surface area contributed by atoms with Crippen molar-refractivity contribution in [3.8, 4) is 0 Å². The molecule has 0 aromatic carbocycles. The van der Waals surface area contributed by atoms with E-state index in [1.807, 2.05) is 0 Å². The van der Waals surface area contributed by atoms with E-state index in [-0.39, 0.29) is 50.2 Å². The maximum atomic E-state index is 8.25. The van der Waals surface area contributed by atoms with Crippen LogP contribution >= 0.6 is 0 Å². The Morgan fingerprint density at radius 3 is 0.727 bits per heavy atom. The number of hydrogen-bond donors (Lipinski definition) is 0. The maximum absolute atomic E-state index is 8.25. The summed E-state index contributed by atoms with van der Waals surface area (Å²) in [5, 5.41) is 14.8. The van der Waals surface area contributed by atoms with E-state index in [9.17, 15) is 0 Å². The summed E-state index contributed by atoms with van der Waals surface area (Å²) in [6.07, 6.45) is 0. The monoisotopic (exact) mass is 222 g/mol. The Labute approximate surface area is 71.5 Å². The van der Waals surface area contributed by atoms with Gasteiger partial charge in [0.25, 0.3) is 0 Å². The van der Waals surface area contributed by atoms with Gasteiger partial charge in [-0.05, 0) is 0 Å². The zero-order valence-corrected chi connectivity index (χ0v) is 6.36. The van der Waals surface area contributed by atoms with Crippen molar-refractivity contribution < 1.29 is 55.3 Å². The summed E-state index contributed by atoms with van der Waals surface area (Å²) >= 11 is 0. The Bertz CT molecular complexity index is 32.5. The quantitative estimate of drug-likeness (QED) is 0.287. The van der Waals surface area contributed by atoms with Gasteiger partial charge in [-0.2, -0.15) is 0 Å². The molecule has 0 rings (SSSR count). The van der Waals surface area contributed by atoms with E-state index < -0.39 is 5.09 Å². The van der Waals surface area contributed by atoms with Gasteiger partial charge in [-0.15, -0.1) is 0 Å². The Morgan fingerprint density at radius 2 is 0.727 bits per heavy atom. The minimum absolute atomic E-state index is 0. The third-order valence-electron chi connectivity index (χ3n) is 0. The minimum Gasteiger partial charge on any atom is -0.412 e. The van der Waals surface area contributed by atoms with Crippen LogP contribution in [-0.4, -0.2) is 37.9 Å². The molecule has 11 heteroatoms. The Kier molecular flexibility index (Phi) is 1520. The normalized spacial score (nSPS) is 2.18. The summed E-state index contributed by atoms with van der Waals surface area (Å²) in [4.78, 5) is 8.25. The van der Waals surface area contributed by atoms with Crippen molar-refractivity contribution >= 4 is 0 Å². The molecule has 0 spiro atoms. The van der Waals surface area contributed by atoms with Crippen LogP contribution in [0, 0.1) is 15.3 Å². The molecule has 0 aromatic rings. The summed E-state index contributed by atoms with van der Waals surface area (Å²) in [7, 11) is 0. The molecular formula is H12CrNO9+. The predicted molar refractivity (Wildman–Crippen MR) is 32.0 cm³/mol. The first-order chi connectivity index (χ1) is 1.73. The first kappa shape index (κ1) is 152. The van der Waals surface area contributed by atoms with Gasteiger partial charge in [0, 0.05) is 0 Å². The van der Waals surface area contributed by atoms with Crippen LogP contribution in [0.15, 0.2) is 0 Å². The van der Waals surface area contributed by atoms with E-state index in [0.717, 1.165) is 0 Å². The zero-order valence-electron chi connectivity index (χ0n) is 5.08. The molecule has 0 atom stereocenters. The molecular weight excluding hydrogens is 210 g/mol. The average Bonchev–Trinajstić information content (AvgIpc) is 0.811. The van der Waals surface area contributed by atoms with Crippen molar-refractivity contribution in [3.63, 3.8) is 0 Å². The molecule has 0 amide bonds. The molecule has 0 bridgehead atoms. The van der Waals surface area contributed by atoms with Crippen LogP contribution in [0.25, 0.3) is 0 Å². The van der Waals surface area contributed by atoms with Crippen LogP contribution in [0.5, 0.6) is 0 Å². The fourth-order valence-corrected chi connectivity index (χ4v) is 0. The Hall–Kier alpha value is -0.508. The zero-order chi connectivity index (χ0) is 3.58. The van der Waals surface area contributed by atoms with Crippen molar-refractivity contribution in [2.24, 2.45) is 0 Å². The van der Waals surface area contributed by atoms with Gasteiger partial charge in [0.15, 0.2) is 0 Å². The average molecular weight is 222 g/mol. The van der Waals surface area contributed by atoms with Crippen molar-refractivity contribution in [1.82, 2.24) is 0 Å². The van der Waals surface area contributed by atoms with E-state index in [0.29, 0.717) is 0 Å². The molecule has 0 radical (unpaired) electrons. The molecule has 0 saturated carbocycles. The topological polar surface area (TPSA) is 255 Å². The van der Waals surface area contributed by atoms with Gasteiger partial charge in [0.05, 0.1) is 5.09 Å². The Balaban J connectivity index is -0.00000000214. The summed E-state index contributed by atoms with van der Waals surface area (Å²) in [6.45, 7) is 0. The maximum Gasteiger partial charge on any atom is 2.00 e. The number of rotatable bonds is 0. The minimum atomic E-state index is -1.75. The van der Waals surface area contributed by atoms with E-state index in [1.165, 1.54) is 0 Å². The summed E-state index contributed by atoms with van der Waals surface area (Å²) < 4.78 is 0. The third-order valence-corrected chi connectivity index (χ3v) is 0. The van der Waals surface area contributed by atoms with Crippen LogP contribution in [0.2, 0.25) is 0 Å². The van der Waals surface area contributed by atoms with Gasteiger partial charge >= 0.3 is 17.4 Å². The molecule has 0 aliphatic rings. The van der Waals surface area contributed by atoms with Crippen LogP contribution in [0.3, 0.4) is 0 Å². The standard InChI is InChI=1S/Cr.NO3.6H2O/c;2-1(3)4;;;;;;/h;;6*1H2/q+2;-1;;;;;;. The number of nitrogens with zero attached hydrogens (tertiary/aromatic N) is 1. The molecule has 12 N–H and O–H groups in total. The largest absolute Gasteiger partial charge is 2.00 e. The van der Waals surface area contributed by atoms with Gasteiger partial charge in [-0.3, -0.25) is 0 Å². The molecule has 0 saturated heterocycles. The molecule has 76 valence electrons. The molecule has 11 heavy (non-hydrogen) atoms. The van der Waals surface area contributed by atoms with E-state index in [1.54, 1.807) is 0 Å². The van der Waals surface area contributed by atoms with Crippen LogP contribution in [-0.2, 0) is 17.4 Å². The third kappa shape index (κ3) is 2070. The molecule has 0 aliphatic carbocycles. The molecule has 0 heterocycles. The fourth-order valence-electron chi connectivity index (χ4n) is 0. The molecule has 0 fully saturated rings. The summed E-state index contributed by atoms with van der Waals surface area (Å²) in [5.74, 6) is 0. The second-order valence-electron chi connectivity index (χ2n) is 0.224. The second-order valence-corrected chi connectivity index (χ2v) is 0.224. The van der Waals surface area contributed by atoms with Crippen molar-refractivity contribution in [3.05, 3.63) is 15.3 Å². The number of hydrogen-bond acceptors (Lipinski definition) is 3. The van der Waals surface area contributed by atoms with Gasteiger partial charge in [-0.1, -0.05) is 0 Å². The second kappa shape index (κ2) is 110. The van der Waals surface area contributed by atoms with E-state index in [4.69, 9.17) is 15.3 Å². The van der Waals surface area contributed by atoms with Gasteiger partial charge < -0.3 is 48.2 Å². The van der Waals surface area contributed by atoms with Gasteiger partial charge in [-0.25, -0.2) is 0 Å². The molecule has 0 aliphatic heterocycles. The van der Waals surface area contributed by atoms with E-state index in [2.05, 4.69) is 0 Å². The van der Waals surface area contributed by atoms with Crippen molar-refractivity contribution in [1.29, 1.82) is 0 Å². The molecule has 0 aromatic heterocycles. The van der Waals surface area contributed by atoms with Gasteiger partial charge in [0.2, 0.25) is 0 Å². The van der Waals surface area contributed by atoms with Crippen LogP contribution in [0.1, 0.15) is 0 Å². The Morgan fingerprint density at radius 1 is 0.727 bits per heavy atom. The van der Waals surface area contributed by atoms with Crippen LogP contribution in [0.4, 0.5) is 0 Å². The smallest absolute Gasteiger partial charge is 0.412 e. The van der Waals surface area contributed by atoms with E-state index >= 15 is 0 Å². The predicted octanol–water partition coefficient (Wildman–Crippen LogP) is -5.19. The first-order valence-corrected chi connectivity index (χ1v) is 0.548. The summed E-state index contributed by atoms with van der Waals surface area (Å²) in [6, 6.07) is 0. The van der Waals surface area contributed by atoms with Crippen molar-refractivity contribution in [2.75, 3.05) is 0 Å². The summed E-state index contributed by atoms with van der Waals surface area (Å²) in [5.41, 5.74) is 0. The molecule has 0 unspecified atom stereocenters.